The SMILES string of the molecule is COc1ccc(N(C(=O)CCl)C2CCS(=O)(=O)C2)c(OC)c1. The number of anilines is 1. The van der Waals surface area contributed by atoms with E-state index in [1.54, 1.807) is 18.2 Å². The topological polar surface area (TPSA) is 72.9 Å². The van der Waals surface area contributed by atoms with E-state index in [0.29, 0.717) is 23.6 Å². The summed E-state index contributed by atoms with van der Waals surface area (Å²) in [5, 5.41) is 0. The fraction of sp³-hybridized carbons (Fsp3) is 0.500. The molecule has 1 heterocycles. The van der Waals surface area contributed by atoms with Crippen LogP contribution in [-0.4, -0.2) is 52.0 Å². The number of ether oxygens (including phenoxy) is 2. The Hall–Kier alpha value is -1.47. The maximum Gasteiger partial charge on any atom is 0.242 e. The van der Waals surface area contributed by atoms with Crippen molar-refractivity contribution in [1.82, 2.24) is 0 Å². The van der Waals surface area contributed by atoms with E-state index in [1.165, 1.54) is 19.1 Å². The Labute approximate surface area is 134 Å². The van der Waals surface area contributed by atoms with Gasteiger partial charge in [0.1, 0.15) is 17.4 Å². The van der Waals surface area contributed by atoms with Crippen molar-refractivity contribution in [3.63, 3.8) is 0 Å². The van der Waals surface area contributed by atoms with Crippen LogP contribution in [0.1, 0.15) is 6.42 Å². The van der Waals surface area contributed by atoms with E-state index in [0.717, 1.165) is 0 Å². The second-order valence-corrected chi connectivity index (χ2v) is 7.49. The van der Waals surface area contributed by atoms with Gasteiger partial charge in [-0.3, -0.25) is 4.79 Å². The Morgan fingerprint density at radius 3 is 2.59 bits per heavy atom. The van der Waals surface area contributed by atoms with Crippen molar-refractivity contribution >= 4 is 33.0 Å². The van der Waals surface area contributed by atoms with Crippen LogP contribution < -0.4 is 14.4 Å². The molecule has 0 aliphatic carbocycles. The maximum absolute atomic E-state index is 12.2. The number of sulfone groups is 1. The highest BCUT2D eigenvalue weighted by atomic mass is 35.5. The molecule has 0 aromatic heterocycles. The third-order valence-corrected chi connectivity index (χ3v) is 5.58. The third-order valence-electron chi connectivity index (χ3n) is 3.60. The molecule has 0 spiro atoms. The minimum Gasteiger partial charge on any atom is -0.497 e. The summed E-state index contributed by atoms with van der Waals surface area (Å²) in [5.41, 5.74) is 0.496. The normalized spacial score (nSPS) is 19.7. The molecule has 1 amide bonds. The third kappa shape index (κ3) is 3.47. The maximum atomic E-state index is 12.2. The van der Waals surface area contributed by atoms with Crippen molar-refractivity contribution in [2.24, 2.45) is 0 Å². The minimum absolute atomic E-state index is 0.0647. The summed E-state index contributed by atoms with van der Waals surface area (Å²) in [4.78, 5) is 13.7. The molecule has 0 saturated carbocycles. The first-order valence-electron chi connectivity index (χ1n) is 6.72. The van der Waals surface area contributed by atoms with Crippen molar-refractivity contribution in [2.45, 2.75) is 12.5 Å². The number of rotatable bonds is 5. The van der Waals surface area contributed by atoms with E-state index in [1.807, 2.05) is 0 Å². The molecule has 2 rings (SSSR count). The van der Waals surface area contributed by atoms with Crippen LogP contribution in [0.4, 0.5) is 5.69 Å². The highest BCUT2D eigenvalue weighted by molar-refractivity contribution is 7.91. The molecule has 0 radical (unpaired) electrons. The van der Waals surface area contributed by atoms with Crippen molar-refractivity contribution in [1.29, 1.82) is 0 Å². The predicted octanol–water partition coefficient (Wildman–Crippen LogP) is 1.46. The van der Waals surface area contributed by atoms with E-state index in [2.05, 4.69) is 0 Å². The lowest BCUT2D eigenvalue weighted by Gasteiger charge is -2.29. The molecule has 22 heavy (non-hydrogen) atoms. The van der Waals surface area contributed by atoms with Gasteiger partial charge in [0.15, 0.2) is 9.84 Å². The Bertz CT molecular complexity index is 661. The molecule has 1 aliphatic heterocycles. The average Bonchev–Trinajstić information content (AvgIpc) is 2.87. The molecule has 122 valence electrons. The number of hydrogen-bond donors (Lipinski definition) is 0. The van der Waals surface area contributed by atoms with Gasteiger partial charge in [0.05, 0.1) is 37.5 Å². The highest BCUT2D eigenvalue weighted by Crippen LogP contribution is 2.35. The van der Waals surface area contributed by atoms with Gasteiger partial charge in [-0.1, -0.05) is 0 Å². The van der Waals surface area contributed by atoms with Gasteiger partial charge in [-0.15, -0.1) is 11.6 Å². The minimum atomic E-state index is -3.13. The second kappa shape index (κ2) is 6.75. The Kier molecular flexibility index (Phi) is 5.18. The molecule has 1 aliphatic rings. The summed E-state index contributed by atoms with van der Waals surface area (Å²) in [6.07, 6.45) is 0.389. The van der Waals surface area contributed by atoms with Gasteiger partial charge in [-0.25, -0.2) is 8.42 Å². The Morgan fingerprint density at radius 2 is 2.09 bits per heavy atom. The summed E-state index contributed by atoms with van der Waals surface area (Å²) >= 11 is 5.69. The van der Waals surface area contributed by atoms with Crippen molar-refractivity contribution in [3.05, 3.63) is 18.2 Å². The van der Waals surface area contributed by atoms with Crippen molar-refractivity contribution < 1.29 is 22.7 Å². The van der Waals surface area contributed by atoms with Crippen LogP contribution in [-0.2, 0) is 14.6 Å². The summed E-state index contributed by atoms with van der Waals surface area (Å²) in [6.45, 7) is 0. The monoisotopic (exact) mass is 347 g/mol. The van der Waals surface area contributed by atoms with E-state index in [-0.39, 0.29) is 23.3 Å². The smallest absolute Gasteiger partial charge is 0.242 e. The van der Waals surface area contributed by atoms with Crippen molar-refractivity contribution in [3.8, 4) is 11.5 Å². The predicted molar refractivity (Wildman–Crippen MR) is 84.8 cm³/mol. The Morgan fingerprint density at radius 1 is 1.36 bits per heavy atom. The molecule has 1 aromatic carbocycles. The zero-order valence-corrected chi connectivity index (χ0v) is 14.0. The van der Waals surface area contributed by atoms with E-state index >= 15 is 0 Å². The number of amides is 1. The first-order chi connectivity index (χ1) is 10.4. The lowest BCUT2D eigenvalue weighted by molar-refractivity contribution is -0.116. The highest BCUT2D eigenvalue weighted by Gasteiger charge is 2.36. The number of alkyl halides is 1. The van der Waals surface area contributed by atoms with Crippen LogP contribution >= 0.6 is 11.6 Å². The van der Waals surface area contributed by atoms with Gasteiger partial charge < -0.3 is 14.4 Å². The quantitative estimate of drug-likeness (QED) is 0.754. The summed E-state index contributed by atoms with van der Waals surface area (Å²) in [7, 11) is -0.118. The molecule has 1 atom stereocenters. The molecule has 1 saturated heterocycles. The number of halogens is 1. The standard InChI is InChI=1S/C14H18ClNO5S/c1-20-11-3-4-12(13(7-11)21-2)16(14(17)8-15)10-5-6-22(18,19)9-10/h3-4,7,10H,5-6,8-9H2,1-2H3. The zero-order valence-electron chi connectivity index (χ0n) is 12.4. The van der Waals surface area contributed by atoms with Crippen LogP contribution in [0.2, 0.25) is 0 Å². The molecule has 6 nitrogen and oxygen atoms in total. The second-order valence-electron chi connectivity index (χ2n) is 4.99. The van der Waals surface area contributed by atoms with E-state index in [4.69, 9.17) is 21.1 Å². The van der Waals surface area contributed by atoms with Crippen LogP contribution in [0.5, 0.6) is 11.5 Å². The van der Waals surface area contributed by atoms with Gasteiger partial charge in [0.2, 0.25) is 5.91 Å². The number of nitrogens with zero attached hydrogens (tertiary/aromatic N) is 1. The van der Waals surface area contributed by atoms with Crippen LogP contribution in [0.25, 0.3) is 0 Å². The van der Waals surface area contributed by atoms with Gasteiger partial charge in [-0.05, 0) is 18.6 Å². The van der Waals surface area contributed by atoms with Gasteiger partial charge in [0, 0.05) is 6.07 Å². The number of methoxy groups -OCH3 is 2. The number of carbonyl (C=O) groups is 1. The largest absolute Gasteiger partial charge is 0.497 e. The van der Waals surface area contributed by atoms with Gasteiger partial charge in [0.25, 0.3) is 0 Å². The molecule has 1 fully saturated rings. The van der Waals surface area contributed by atoms with Crippen LogP contribution in [0, 0.1) is 0 Å². The lowest BCUT2D eigenvalue weighted by atomic mass is 10.1. The summed E-state index contributed by atoms with van der Waals surface area (Å²) < 4.78 is 33.9. The van der Waals surface area contributed by atoms with E-state index < -0.39 is 15.9 Å². The first kappa shape index (κ1) is 16.9. The number of hydrogen-bond acceptors (Lipinski definition) is 5. The average molecular weight is 348 g/mol. The van der Waals surface area contributed by atoms with Crippen molar-refractivity contribution in [2.75, 3.05) is 36.5 Å². The summed E-state index contributed by atoms with van der Waals surface area (Å²) in [6, 6.07) is 4.58. The fourth-order valence-corrected chi connectivity index (χ4v) is 4.39. The van der Waals surface area contributed by atoms with Crippen LogP contribution in [0.3, 0.4) is 0 Å². The fourth-order valence-electron chi connectivity index (χ4n) is 2.56. The molecule has 8 heteroatoms. The Balaban J connectivity index is 2.44. The van der Waals surface area contributed by atoms with Gasteiger partial charge >= 0.3 is 0 Å². The lowest BCUT2D eigenvalue weighted by Crippen LogP contribution is -2.42. The van der Waals surface area contributed by atoms with Crippen LogP contribution in [0.15, 0.2) is 18.2 Å². The molecule has 1 unspecified atom stereocenters. The summed E-state index contributed by atoms with van der Waals surface area (Å²) in [5.74, 6) is 0.436. The molecule has 1 aromatic rings. The molecule has 0 bridgehead atoms. The first-order valence-corrected chi connectivity index (χ1v) is 9.08. The van der Waals surface area contributed by atoms with E-state index in [9.17, 15) is 13.2 Å². The molecular weight excluding hydrogens is 330 g/mol. The number of carbonyl (C=O) groups excluding carboxylic acids is 1. The zero-order chi connectivity index (χ0) is 16.3. The number of benzene rings is 1. The van der Waals surface area contributed by atoms with Gasteiger partial charge in [-0.2, -0.15) is 0 Å². The molecule has 0 N–H and O–H groups in total. The molecular formula is C14H18ClNO5S.